The number of Topliss-reactive ketones (excluding diaryl/α,β-unsaturated/α-hetero) is 1. The Morgan fingerprint density at radius 3 is 1.52 bits per heavy atom. The third-order valence-corrected chi connectivity index (χ3v) is 13.6. The fraction of sp³-hybridized carbons (Fsp3) is 0.540. The Balaban J connectivity index is 4.79. The van der Waals surface area contributed by atoms with Crippen LogP contribution >= 0.6 is 0 Å². The zero-order chi connectivity index (χ0) is 64.2. The lowest BCUT2D eigenvalue weighted by Crippen LogP contribution is -2.32. The summed E-state index contributed by atoms with van der Waals surface area (Å²) in [7, 11) is -4.96. The van der Waals surface area contributed by atoms with E-state index in [-0.39, 0.29) is 75.2 Å². The number of aliphatic imine (C=N–C) groups is 1. The third-order valence-electron chi connectivity index (χ3n) is 13.1. The van der Waals surface area contributed by atoms with E-state index in [2.05, 4.69) is 4.99 Å². The first-order valence-electron chi connectivity index (χ1n) is 28.7. The highest BCUT2D eigenvalue weighted by atomic mass is 32.3. The summed E-state index contributed by atoms with van der Waals surface area (Å²) in [6, 6.07) is 0. The second kappa shape index (κ2) is 47.6. The van der Waals surface area contributed by atoms with Crippen LogP contribution in [0.3, 0.4) is 0 Å². The predicted molar refractivity (Wildman–Crippen MR) is 331 cm³/mol. The number of aliphatic hydroxyl groups excluding tert-OH is 11. The number of nitrogens with zero attached hydrogens (tertiary/aromatic N) is 1. The minimum atomic E-state index is -4.96. The maximum absolute atomic E-state index is 13.1. The van der Waals surface area contributed by atoms with Crippen molar-refractivity contribution >= 4 is 28.1 Å². The van der Waals surface area contributed by atoms with Gasteiger partial charge >= 0.3 is 16.4 Å². The number of allylic oxidation sites excluding steroid dienone is 16. The van der Waals surface area contributed by atoms with Gasteiger partial charge in [-0.2, -0.15) is 8.42 Å². The smallest absolute Gasteiger partial charge is 0.397 e. The first kappa shape index (κ1) is 79.5. The minimum absolute atomic E-state index is 0.00161. The van der Waals surface area contributed by atoms with Crippen LogP contribution in [-0.2, 0) is 24.2 Å². The van der Waals surface area contributed by atoms with E-state index in [1.54, 1.807) is 92.0 Å². The molecule has 15 atom stereocenters. The van der Waals surface area contributed by atoms with Crippen molar-refractivity contribution in [2.24, 2.45) is 34.2 Å². The van der Waals surface area contributed by atoms with Crippen LogP contribution in [0.4, 0.5) is 0 Å². The van der Waals surface area contributed by atoms with E-state index in [1.165, 1.54) is 56.4 Å². The Kier molecular flexibility index (Phi) is 44.5. The van der Waals surface area contributed by atoms with Gasteiger partial charge in [-0.3, -0.25) is 14.3 Å². The fourth-order valence-electron chi connectivity index (χ4n) is 8.07. The van der Waals surface area contributed by atoms with Gasteiger partial charge in [0.15, 0.2) is 5.96 Å². The maximum atomic E-state index is 13.1. The molecule has 21 nitrogen and oxygen atoms in total. The van der Waals surface area contributed by atoms with Crippen LogP contribution in [0.1, 0.15) is 118 Å². The molecule has 0 rings (SSSR count). The number of nitrogens with two attached hydrogens (primary N) is 2. The second-order valence-corrected chi connectivity index (χ2v) is 22.1. The molecule has 0 fully saturated rings. The minimum Gasteiger partial charge on any atom is -0.478 e. The fourth-order valence-corrected chi connectivity index (χ4v) is 8.63. The molecule has 0 aromatic carbocycles. The molecule has 17 N–H and O–H groups in total. The number of rotatable bonds is 47. The first-order chi connectivity index (χ1) is 40.1. The number of aliphatic carboxylic acids is 1. The summed E-state index contributed by atoms with van der Waals surface area (Å²) in [4.78, 5) is 27.7. The van der Waals surface area contributed by atoms with E-state index in [9.17, 15) is 78.7 Å². The van der Waals surface area contributed by atoms with Crippen molar-refractivity contribution in [2.75, 3.05) is 6.54 Å². The van der Waals surface area contributed by atoms with Crippen LogP contribution in [0.5, 0.6) is 0 Å². The quantitative estimate of drug-likeness (QED) is 0.00720. The van der Waals surface area contributed by atoms with Crippen molar-refractivity contribution in [2.45, 2.75) is 191 Å². The molecule has 0 aromatic heterocycles. The number of ketones is 1. The van der Waals surface area contributed by atoms with Gasteiger partial charge in [0.1, 0.15) is 5.78 Å². The number of unbranched alkanes of at least 4 members (excludes halogenated alkanes) is 1. The molecule has 0 unspecified atom stereocenters. The van der Waals surface area contributed by atoms with E-state index < -0.39 is 114 Å². The normalized spacial score (nSPS) is 18.9. The number of carboxylic acid groups (broad SMARTS) is 1. The molecule has 0 aliphatic carbocycles. The number of aliphatic hydroxyl groups is 11. The molecule has 0 aliphatic heterocycles. The molecule has 480 valence electrons. The zero-order valence-electron chi connectivity index (χ0n) is 49.6. The van der Waals surface area contributed by atoms with Crippen molar-refractivity contribution in [1.82, 2.24) is 0 Å². The van der Waals surface area contributed by atoms with Crippen molar-refractivity contribution in [3.63, 3.8) is 0 Å². The molecule has 0 amide bonds. The maximum Gasteiger partial charge on any atom is 0.397 e. The number of carbonyl (C=O) groups excluding carboxylic acids is 1. The largest absolute Gasteiger partial charge is 0.478 e. The highest BCUT2D eigenvalue weighted by molar-refractivity contribution is 7.80. The highest BCUT2D eigenvalue weighted by Crippen LogP contribution is 2.21. The van der Waals surface area contributed by atoms with Gasteiger partial charge in [0.25, 0.3) is 0 Å². The molecule has 0 spiro atoms. The van der Waals surface area contributed by atoms with Gasteiger partial charge in [-0.25, -0.2) is 8.98 Å². The van der Waals surface area contributed by atoms with E-state index in [0.29, 0.717) is 19.4 Å². The number of carboxylic acids is 1. The molecule has 0 saturated carbocycles. The monoisotopic (exact) mass is 1220 g/mol. The molecule has 0 radical (unpaired) electrons. The van der Waals surface area contributed by atoms with Crippen molar-refractivity contribution in [3.05, 3.63) is 157 Å². The van der Waals surface area contributed by atoms with Gasteiger partial charge in [-0.05, 0) is 71.1 Å². The molecular weight excluding hydrogens is 1120 g/mol. The van der Waals surface area contributed by atoms with Crippen LogP contribution in [0.25, 0.3) is 0 Å². The van der Waals surface area contributed by atoms with Crippen molar-refractivity contribution in [1.29, 1.82) is 0 Å². The summed E-state index contributed by atoms with van der Waals surface area (Å²) < 4.78 is 37.4. The van der Waals surface area contributed by atoms with Gasteiger partial charge in [-0.15, -0.1) is 0 Å². The lowest BCUT2D eigenvalue weighted by atomic mass is 9.88. The molecule has 0 aliphatic rings. The first-order valence-corrected chi connectivity index (χ1v) is 30.1. The van der Waals surface area contributed by atoms with Crippen LogP contribution < -0.4 is 11.5 Å². The summed E-state index contributed by atoms with van der Waals surface area (Å²) in [6.45, 7) is 6.93. The van der Waals surface area contributed by atoms with Crippen molar-refractivity contribution in [3.8, 4) is 0 Å². The summed E-state index contributed by atoms with van der Waals surface area (Å²) in [5.41, 5.74) is 10.8. The molecule has 0 heterocycles. The second-order valence-electron chi connectivity index (χ2n) is 21.0. The average Bonchev–Trinajstić information content (AvgIpc) is 3.60. The van der Waals surface area contributed by atoms with E-state index in [4.69, 9.17) is 20.8 Å². The lowest BCUT2D eigenvalue weighted by molar-refractivity contribution is -0.132. The van der Waals surface area contributed by atoms with Crippen LogP contribution in [0, 0.1) is 17.8 Å². The van der Waals surface area contributed by atoms with Gasteiger partial charge in [0.2, 0.25) is 0 Å². The summed E-state index contributed by atoms with van der Waals surface area (Å²) in [5.74, 6) is -3.29. The molecule has 0 aromatic rings. The Hall–Kier alpha value is -5.54. The standard InChI is InChI=1S/C63H99N3O18S/c1-45(27-19-15-11-10-12-16-20-28-46(2)62(79)80)61(78)48(4)58(76)36-21-17-13-8-6-5-7-9-14-18-22-37-60(84-85(81,82)83)47(3)59(77)44-57(75)43-54(72)34-25-33-53(71)42-56(74)41-52(70)32-24-31-50(68)39-49(67)29-23-30-51(69)40-55(73)35-26-38-66-63(64)65/h5-10,12-14,16-25,27-29,32,34,36,45,47-58,60-61,67-76,78H,11,15,26,30-31,33,35,37-44H2,1-4H3,(H,79,80)(H4,64,65,66)(H,81,82,83)/b7-5+,8-6+,12-10+,14-9+,17-13+,20-16+,22-18+,27-19+,29-23+,32-24+,34-25+,36-21+,46-28+/t45-,47+,48-,49+,50+,51+,52+,53+,54-,55-,56-,57-,58+,60+,61-/m1/s1. The van der Waals surface area contributed by atoms with Gasteiger partial charge < -0.3 is 72.7 Å². The van der Waals surface area contributed by atoms with Crippen LogP contribution in [0.2, 0.25) is 0 Å². The van der Waals surface area contributed by atoms with Gasteiger partial charge in [0.05, 0.1) is 73.2 Å². The van der Waals surface area contributed by atoms with E-state index in [1.807, 2.05) is 31.2 Å². The lowest BCUT2D eigenvalue weighted by Gasteiger charge is -2.25. The third kappa shape index (κ3) is 45.4. The Labute approximate surface area is 503 Å². The van der Waals surface area contributed by atoms with Crippen LogP contribution in [0.15, 0.2) is 162 Å². The van der Waals surface area contributed by atoms with Gasteiger partial charge in [0, 0.05) is 55.6 Å². The predicted octanol–water partition coefficient (Wildman–Crippen LogP) is 5.06. The summed E-state index contributed by atoms with van der Waals surface area (Å²) >= 11 is 0. The molecule has 0 saturated heterocycles. The van der Waals surface area contributed by atoms with E-state index in [0.717, 1.165) is 12.8 Å². The number of guanidine groups is 1. The SMILES string of the molecule is C\C(=C/C=C/C=C/CC/C=C/[C@@H](C)[C@@H](O)[C@H](C)[C@@H](O)/C=C/C=C/C=C/C=C/C=C/C=C/C[C@H](OS(=O)(=O)O)[C@@H](C)C(=O)C[C@H](O)C[C@H](O)/C=C/C[C@H](O)C[C@H](O)C[C@@H](O)/C=C/C[C@H](O)C[C@@H](O)/C=C/C[C@H](O)C[C@H](O)CCCN=C(N)N)C(=O)O. The molecule has 85 heavy (non-hydrogen) atoms. The summed E-state index contributed by atoms with van der Waals surface area (Å²) in [5, 5.41) is 123. The molecular formula is C63H99N3O18S. The van der Waals surface area contributed by atoms with Gasteiger partial charge in [-0.1, -0.05) is 173 Å². The van der Waals surface area contributed by atoms with Crippen molar-refractivity contribution < 1.29 is 88.0 Å². The average molecular weight is 1220 g/mol. The molecule has 0 bridgehead atoms. The van der Waals surface area contributed by atoms with Crippen LogP contribution in [-0.4, -0.2) is 172 Å². The van der Waals surface area contributed by atoms with E-state index >= 15 is 0 Å². The summed E-state index contributed by atoms with van der Waals surface area (Å²) in [6.07, 6.45) is 30.9. The highest BCUT2D eigenvalue weighted by Gasteiger charge is 2.30. The number of hydrogen-bond donors (Lipinski definition) is 15. The molecule has 22 heteroatoms. The Bertz CT molecular complexity index is 2400. The zero-order valence-corrected chi connectivity index (χ0v) is 50.4. The Morgan fingerprint density at radius 1 is 0.529 bits per heavy atom. The topological polar surface area (TPSA) is 405 Å². The Morgan fingerprint density at radius 2 is 0.988 bits per heavy atom. The number of carbonyl (C=O) groups is 2. The number of hydrogen-bond acceptors (Lipinski definition) is 17.